The summed E-state index contributed by atoms with van der Waals surface area (Å²) < 4.78 is 5.51. The van der Waals surface area contributed by atoms with E-state index in [1.54, 1.807) is 0 Å². The second-order valence-corrected chi connectivity index (χ2v) is 25.3. The van der Waals surface area contributed by atoms with Crippen molar-refractivity contribution >= 4 is 11.9 Å². The second kappa shape index (κ2) is 69.1. The molecule has 0 aromatic heterocycles. The fourth-order valence-corrected chi connectivity index (χ4v) is 11.8. The molecule has 3 N–H and O–H groups in total. The number of carbonyl (C=O) groups excluding carboxylic acids is 2. The summed E-state index contributed by atoms with van der Waals surface area (Å²) in [5.41, 5.74) is 0. The summed E-state index contributed by atoms with van der Waals surface area (Å²) in [6.45, 7) is 5.00. The van der Waals surface area contributed by atoms with Crippen molar-refractivity contribution in [2.24, 2.45) is 0 Å². The summed E-state index contributed by atoms with van der Waals surface area (Å²) in [6.07, 6.45) is 85.5. The molecule has 0 aliphatic carbocycles. The SMILES string of the molecule is CCCCCCCCCCCCCCCCCCCCC(O)C(CO)NC(=O)CCCCCCCCCCCCC/C=C\CCCCCCCCCCCCCCOC(=O)CCCCCCCCCCCCCCCCCCC. The van der Waals surface area contributed by atoms with Gasteiger partial charge in [0, 0.05) is 12.8 Å². The molecule has 470 valence electrons. The molecule has 1 amide bonds. The molecule has 0 aromatic carbocycles. The van der Waals surface area contributed by atoms with E-state index in [9.17, 15) is 19.8 Å². The second-order valence-electron chi connectivity index (χ2n) is 25.3. The monoisotopic (exact) mass is 1110 g/mol. The molecule has 0 aliphatic heterocycles. The van der Waals surface area contributed by atoms with Crippen molar-refractivity contribution in [2.45, 2.75) is 431 Å². The third kappa shape index (κ3) is 65.6. The minimum Gasteiger partial charge on any atom is -0.466 e. The number of rotatable bonds is 69. The van der Waals surface area contributed by atoms with Crippen LogP contribution >= 0.6 is 0 Å². The maximum atomic E-state index is 12.5. The Hall–Kier alpha value is -1.40. The maximum Gasteiger partial charge on any atom is 0.305 e. The Bertz CT molecular complexity index is 1190. The van der Waals surface area contributed by atoms with Gasteiger partial charge in [-0.1, -0.05) is 366 Å². The Kier molecular flexibility index (Phi) is 67.9. The number of amides is 1. The number of allylic oxidation sites excluding steroid dienone is 2. The van der Waals surface area contributed by atoms with Gasteiger partial charge >= 0.3 is 5.97 Å². The van der Waals surface area contributed by atoms with Crippen molar-refractivity contribution < 1.29 is 24.5 Å². The molecule has 0 heterocycles. The van der Waals surface area contributed by atoms with E-state index in [0.29, 0.717) is 25.9 Å². The molecule has 0 saturated carbocycles. The highest BCUT2D eigenvalue weighted by Crippen LogP contribution is 2.19. The average Bonchev–Trinajstić information content (AvgIpc) is 3.45. The summed E-state index contributed by atoms with van der Waals surface area (Å²) in [4.78, 5) is 24.6. The zero-order chi connectivity index (χ0) is 57.1. The van der Waals surface area contributed by atoms with Crippen molar-refractivity contribution in [3.63, 3.8) is 0 Å². The number of aliphatic hydroxyl groups is 2. The van der Waals surface area contributed by atoms with Crippen LogP contribution in [0, 0.1) is 0 Å². The molecule has 0 rings (SSSR count). The van der Waals surface area contributed by atoms with Gasteiger partial charge in [-0.2, -0.15) is 0 Å². The standard InChI is InChI=1S/C73H143NO5/c1-3-5-7-9-11-13-15-17-19-21-34-37-41-45-49-53-57-61-65-71(76)70(69-75)74-72(77)66-62-58-54-50-46-42-38-35-31-29-27-25-23-22-24-26-28-30-32-36-40-44-48-52-56-60-64-68-79-73(78)67-63-59-55-51-47-43-39-33-20-18-16-14-12-10-8-6-4-2/h22-23,70-71,75-76H,3-21,24-69H2,1-2H3,(H,74,77)/b23-22-. The number of ether oxygens (including phenoxy) is 1. The van der Waals surface area contributed by atoms with Crippen molar-refractivity contribution in [2.75, 3.05) is 13.2 Å². The van der Waals surface area contributed by atoms with E-state index >= 15 is 0 Å². The van der Waals surface area contributed by atoms with Crippen LogP contribution in [0.3, 0.4) is 0 Å². The highest BCUT2D eigenvalue weighted by Gasteiger charge is 2.20. The Morgan fingerprint density at radius 1 is 0.342 bits per heavy atom. The van der Waals surface area contributed by atoms with Gasteiger partial charge in [0.25, 0.3) is 0 Å². The van der Waals surface area contributed by atoms with Gasteiger partial charge in [0.15, 0.2) is 0 Å². The van der Waals surface area contributed by atoms with Crippen LogP contribution in [-0.4, -0.2) is 47.4 Å². The zero-order valence-electron chi connectivity index (χ0n) is 53.9. The van der Waals surface area contributed by atoms with E-state index in [0.717, 1.165) is 38.5 Å². The molecular weight excluding hydrogens is 971 g/mol. The van der Waals surface area contributed by atoms with Crippen molar-refractivity contribution in [3.05, 3.63) is 12.2 Å². The molecule has 6 nitrogen and oxygen atoms in total. The van der Waals surface area contributed by atoms with Crippen molar-refractivity contribution in [1.82, 2.24) is 5.32 Å². The van der Waals surface area contributed by atoms with E-state index < -0.39 is 12.1 Å². The summed E-state index contributed by atoms with van der Waals surface area (Å²) in [5.74, 6) is -0.0112. The summed E-state index contributed by atoms with van der Waals surface area (Å²) >= 11 is 0. The summed E-state index contributed by atoms with van der Waals surface area (Å²) in [6, 6.07) is -0.542. The predicted octanol–water partition coefficient (Wildman–Crippen LogP) is 23.5. The lowest BCUT2D eigenvalue weighted by Crippen LogP contribution is -2.45. The van der Waals surface area contributed by atoms with Crippen LogP contribution in [0.2, 0.25) is 0 Å². The lowest BCUT2D eigenvalue weighted by Gasteiger charge is -2.22. The Morgan fingerprint density at radius 3 is 0.899 bits per heavy atom. The molecule has 2 unspecified atom stereocenters. The third-order valence-corrected chi connectivity index (χ3v) is 17.3. The van der Waals surface area contributed by atoms with Crippen LogP contribution in [0.5, 0.6) is 0 Å². The Morgan fingerprint density at radius 2 is 0.595 bits per heavy atom. The summed E-state index contributed by atoms with van der Waals surface area (Å²) in [5, 5.41) is 23.4. The van der Waals surface area contributed by atoms with Crippen LogP contribution in [0.15, 0.2) is 12.2 Å². The first-order valence-corrected chi connectivity index (χ1v) is 36.4. The highest BCUT2D eigenvalue weighted by atomic mass is 16.5. The van der Waals surface area contributed by atoms with Gasteiger partial charge in [0.2, 0.25) is 5.91 Å². The largest absolute Gasteiger partial charge is 0.466 e. The number of carbonyl (C=O) groups is 2. The number of hydrogen-bond acceptors (Lipinski definition) is 5. The molecule has 0 bridgehead atoms. The van der Waals surface area contributed by atoms with Crippen molar-refractivity contribution in [1.29, 1.82) is 0 Å². The van der Waals surface area contributed by atoms with E-state index in [2.05, 4.69) is 31.3 Å². The van der Waals surface area contributed by atoms with Gasteiger partial charge < -0.3 is 20.3 Å². The van der Waals surface area contributed by atoms with Crippen LogP contribution < -0.4 is 5.32 Å². The van der Waals surface area contributed by atoms with Gasteiger partial charge in [0.05, 0.1) is 25.4 Å². The normalized spacial score (nSPS) is 12.5. The molecule has 0 saturated heterocycles. The maximum absolute atomic E-state index is 12.5. The smallest absolute Gasteiger partial charge is 0.305 e. The van der Waals surface area contributed by atoms with Gasteiger partial charge in [-0.05, 0) is 51.4 Å². The first kappa shape index (κ1) is 77.6. The fraction of sp³-hybridized carbons (Fsp3) is 0.945. The quantitative estimate of drug-likeness (QED) is 0.0320. The average molecular weight is 1110 g/mol. The molecule has 79 heavy (non-hydrogen) atoms. The third-order valence-electron chi connectivity index (χ3n) is 17.3. The number of nitrogens with one attached hydrogen (secondary N) is 1. The molecular formula is C73H143NO5. The van der Waals surface area contributed by atoms with Crippen LogP contribution in [0.1, 0.15) is 418 Å². The first-order valence-electron chi connectivity index (χ1n) is 36.4. The van der Waals surface area contributed by atoms with Gasteiger partial charge in [-0.3, -0.25) is 9.59 Å². The molecule has 2 atom stereocenters. The molecule has 0 aliphatic rings. The Balaban J connectivity index is 3.36. The first-order chi connectivity index (χ1) is 39.0. The number of unbranched alkanes of at least 4 members (excludes halogenated alkanes) is 56. The van der Waals surface area contributed by atoms with E-state index in [1.165, 1.54) is 347 Å². The summed E-state index contributed by atoms with van der Waals surface area (Å²) in [7, 11) is 0. The van der Waals surface area contributed by atoms with E-state index in [4.69, 9.17) is 4.74 Å². The molecule has 0 fully saturated rings. The number of esters is 1. The minimum atomic E-state index is -0.665. The van der Waals surface area contributed by atoms with E-state index in [1.807, 2.05) is 0 Å². The van der Waals surface area contributed by atoms with Gasteiger partial charge in [-0.15, -0.1) is 0 Å². The molecule has 0 aromatic rings. The lowest BCUT2D eigenvalue weighted by atomic mass is 10.0. The molecule has 0 radical (unpaired) electrons. The molecule has 0 spiro atoms. The number of aliphatic hydroxyl groups excluding tert-OH is 2. The van der Waals surface area contributed by atoms with Gasteiger partial charge in [0.1, 0.15) is 0 Å². The fourth-order valence-electron chi connectivity index (χ4n) is 11.8. The van der Waals surface area contributed by atoms with Gasteiger partial charge in [-0.25, -0.2) is 0 Å². The van der Waals surface area contributed by atoms with Crippen LogP contribution in [0.25, 0.3) is 0 Å². The van der Waals surface area contributed by atoms with E-state index in [-0.39, 0.29) is 18.5 Å². The minimum absolute atomic E-state index is 0.0202. The lowest BCUT2D eigenvalue weighted by molar-refractivity contribution is -0.143. The van der Waals surface area contributed by atoms with Crippen LogP contribution in [0.4, 0.5) is 0 Å². The Labute approximate surface area is 495 Å². The predicted molar refractivity (Wildman–Crippen MR) is 347 cm³/mol. The van der Waals surface area contributed by atoms with Crippen molar-refractivity contribution in [3.8, 4) is 0 Å². The van der Waals surface area contributed by atoms with Crippen LogP contribution in [-0.2, 0) is 14.3 Å². The zero-order valence-corrected chi connectivity index (χ0v) is 53.9. The highest BCUT2D eigenvalue weighted by molar-refractivity contribution is 5.76. The topological polar surface area (TPSA) is 95.9 Å². The molecule has 6 heteroatoms. The number of hydrogen-bond donors (Lipinski definition) is 3.